The molecule has 0 aliphatic carbocycles. The molecule has 0 saturated carbocycles. The lowest BCUT2D eigenvalue weighted by Crippen LogP contribution is -1.91. The van der Waals surface area contributed by atoms with Gasteiger partial charge in [0.25, 0.3) is 0 Å². The van der Waals surface area contributed by atoms with Crippen LogP contribution in [0.5, 0.6) is 0 Å². The molecule has 2 aromatic rings. The third-order valence-corrected chi connectivity index (χ3v) is 2.62. The molecule has 0 fully saturated rings. The van der Waals surface area contributed by atoms with Gasteiger partial charge in [0.1, 0.15) is 5.65 Å². The first-order chi connectivity index (χ1) is 7.58. The Morgan fingerprint density at radius 1 is 1.62 bits per heavy atom. The predicted molar refractivity (Wildman–Crippen MR) is 64.3 cm³/mol. The van der Waals surface area contributed by atoms with Gasteiger partial charge in [-0.1, -0.05) is 0 Å². The minimum Gasteiger partial charge on any atom is -0.478 e. The number of halogens is 1. The predicted octanol–water partition coefficient (Wildman–Crippen LogP) is 2.50. The molecule has 0 unspecified atom stereocenters. The summed E-state index contributed by atoms with van der Waals surface area (Å²) in [5.74, 6) is -0.971. The summed E-state index contributed by atoms with van der Waals surface area (Å²) in [6.45, 7) is 1.96. The van der Waals surface area contributed by atoms with Gasteiger partial charge in [-0.05, 0) is 40.6 Å². The van der Waals surface area contributed by atoms with Gasteiger partial charge in [-0.2, -0.15) is 0 Å². The van der Waals surface area contributed by atoms with Gasteiger partial charge in [0, 0.05) is 16.7 Å². The number of carboxylic acid groups (broad SMARTS) is 1. The van der Waals surface area contributed by atoms with E-state index in [9.17, 15) is 4.79 Å². The van der Waals surface area contributed by atoms with Crippen molar-refractivity contribution in [3.05, 3.63) is 40.3 Å². The van der Waals surface area contributed by atoms with Crippen LogP contribution in [-0.2, 0) is 4.79 Å². The Kier molecular flexibility index (Phi) is 2.78. The van der Waals surface area contributed by atoms with Gasteiger partial charge in [-0.25, -0.2) is 9.78 Å². The average Bonchev–Trinajstić information content (AvgIpc) is 2.58. The van der Waals surface area contributed by atoms with E-state index in [1.807, 2.05) is 23.6 Å². The summed E-state index contributed by atoms with van der Waals surface area (Å²) < 4.78 is 2.78. The third kappa shape index (κ3) is 1.99. The lowest BCUT2D eigenvalue weighted by molar-refractivity contribution is -0.131. The first-order valence-corrected chi connectivity index (χ1v) is 5.41. The van der Waals surface area contributed by atoms with Crippen molar-refractivity contribution < 1.29 is 9.90 Å². The Balaban J connectivity index is 2.60. The van der Waals surface area contributed by atoms with Crippen molar-refractivity contribution in [2.75, 3.05) is 0 Å². The molecule has 0 saturated heterocycles. The van der Waals surface area contributed by atoms with Crippen LogP contribution in [0.25, 0.3) is 11.7 Å². The second-order valence-corrected chi connectivity index (χ2v) is 4.31. The van der Waals surface area contributed by atoms with Crippen molar-refractivity contribution in [2.45, 2.75) is 6.92 Å². The number of fused-ring (bicyclic) bond motifs is 1. The van der Waals surface area contributed by atoms with Crippen LogP contribution in [-0.4, -0.2) is 20.5 Å². The fourth-order valence-corrected chi connectivity index (χ4v) is 2.06. The standard InChI is InChI=1S/C11H9BrN2O2/c1-7-4-8(12)6-14-9(2-3-10(15)16)5-13-11(7)14/h2-6H,1H3,(H,15,16)/b3-2+. The van der Waals surface area contributed by atoms with E-state index in [2.05, 4.69) is 20.9 Å². The molecule has 0 aliphatic rings. The third-order valence-electron chi connectivity index (χ3n) is 2.18. The van der Waals surface area contributed by atoms with Gasteiger partial charge in [0.15, 0.2) is 0 Å². The highest BCUT2D eigenvalue weighted by Gasteiger charge is 2.04. The Hall–Kier alpha value is -1.62. The van der Waals surface area contributed by atoms with E-state index < -0.39 is 5.97 Å². The molecule has 0 spiro atoms. The quantitative estimate of drug-likeness (QED) is 0.860. The van der Waals surface area contributed by atoms with Crippen molar-refractivity contribution in [3.63, 3.8) is 0 Å². The molecular formula is C11H9BrN2O2. The summed E-state index contributed by atoms with van der Waals surface area (Å²) in [7, 11) is 0. The number of aryl methyl sites for hydroxylation is 1. The van der Waals surface area contributed by atoms with Crippen molar-refractivity contribution in [1.82, 2.24) is 9.38 Å². The average molecular weight is 281 g/mol. The summed E-state index contributed by atoms with van der Waals surface area (Å²) in [5, 5.41) is 8.57. The van der Waals surface area contributed by atoms with Gasteiger partial charge in [-0.3, -0.25) is 4.40 Å². The van der Waals surface area contributed by atoms with E-state index in [-0.39, 0.29) is 0 Å². The van der Waals surface area contributed by atoms with Gasteiger partial charge < -0.3 is 5.11 Å². The van der Waals surface area contributed by atoms with Crippen LogP contribution < -0.4 is 0 Å². The summed E-state index contributed by atoms with van der Waals surface area (Å²) >= 11 is 3.39. The molecule has 4 nitrogen and oxygen atoms in total. The molecule has 1 N–H and O–H groups in total. The highest BCUT2D eigenvalue weighted by Crippen LogP contribution is 2.18. The van der Waals surface area contributed by atoms with E-state index >= 15 is 0 Å². The van der Waals surface area contributed by atoms with Crippen LogP contribution in [0.3, 0.4) is 0 Å². The monoisotopic (exact) mass is 280 g/mol. The fourth-order valence-electron chi connectivity index (χ4n) is 1.51. The zero-order chi connectivity index (χ0) is 11.7. The first-order valence-electron chi connectivity index (χ1n) is 4.62. The number of carbonyl (C=O) groups is 1. The molecule has 0 aromatic carbocycles. The minimum atomic E-state index is -0.971. The number of pyridine rings is 1. The molecule has 82 valence electrons. The minimum absolute atomic E-state index is 0.738. The van der Waals surface area contributed by atoms with E-state index in [1.54, 1.807) is 6.20 Å². The number of carboxylic acids is 1. The molecule has 0 amide bonds. The van der Waals surface area contributed by atoms with E-state index in [1.165, 1.54) is 6.08 Å². The number of aromatic nitrogens is 2. The lowest BCUT2D eigenvalue weighted by Gasteiger charge is -2.01. The second kappa shape index (κ2) is 4.09. The van der Waals surface area contributed by atoms with Crippen LogP contribution in [0, 0.1) is 6.92 Å². The molecule has 2 rings (SSSR count). The highest BCUT2D eigenvalue weighted by atomic mass is 79.9. The SMILES string of the molecule is Cc1cc(Br)cn2c(/C=C/C(=O)O)cnc12. The van der Waals surface area contributed by atoms with Crippen molar-refractivity contribution in [3.8, 4) is 0 Å². The van der Waals surface area contributed by atoms with Crippen LogP contribution in [0.4, 0.5) is 0 Å². The van der Waals surface area contributed by atoms with Crippen molar-refractivity contribution in [2.24, 2.45) is 0 Å². The molecule has 16 heavy (non-hydrogen) atoms. The summed E-state index contributed by atoms with van der Waals surface area (Å²) in [5.41, 5.74) is 2.60. The van der Waals surface area contributed by atoms with Gasteiger partial charge in [0.2, 0.25) is 0 Å². The smallest absolute Gasteiger partial charge is 0.328 e. The van der Waals surface area contributed by atoms with Gasteiger partial charge in [0.05, 0.1) is 11.9 Å². The normalized spacial score (nSPS) is 11.4. The van der Waals surface area contributed by atoms with Crippen LogP contribution in [0.15, 0.2) is 29.0 Å². The Labute approximate surface area is 100 Å². The van der Waals surface area contributed by atoms with E-state index in [0.29, 0.717) is 0 Å². The molecule has 0 aliphatic heterocycles. The summed E-state index contributed by atoms with van der Waals surface area (Å²) in [4.78, 5) is 14.7. The number of aliphatic carboxylic acids is 1. The molecular weight excluding hydrogens is 272 g/mol. The largest absolute Gasteiger partial charge is 0.478 e. The number of rotatable bonds is 2. The van der Waals surface area contributed by atoms with Gasteiger partial charge in [-0.15, -0.1) is 0 Å². The maximum Gasteiger partial charge on any atom is 0.328 e. The summed E-state index contributed by atoms with van der Waals surface area (Å²) in [6, 6.07) is 1.97. The molecule has 0 radical (unpaired) electrons. The maximum atomic E-state index is 10.4. The van der Waals surface area contributed by atoms with Crippen LogP contribution in [0.2, 0.25) is 0 Å². The molecule has 5 heteroatoms. The molecule has 2 aromatic heterocycles. The maximum absolute atomic E-state index is 10.4. The topological polar surface area (TPSA) is 54.6 Å². The molecule has 2 heterocycles. The van der Waals surface area contributed by atoms with E-state index in [4.69, 9.17) is 5.11 Å². The Morgan fingerprint density at radius 2 is 2.38 bits per heavy atom. The molecule has 0 atom stereocenters. The lowest BCUT2D eigenvalue weighted by atomic mass is 10.3. The number of hydrogen-bond donors (Lipinski definition) is 1. The first kappa shape index (κ1) is 10.9. The second-order valence-electron chi connectivity index (χ2n) is 3.39. The molecule has 0 bridgehead atoms. The van der Waals surface area contributed by atoms with E-state index in [0.717, 1.165) is 27.5 Å². The zero-order valence-electron chi connectivity index (χ0n) is 8.51. The van der Waals surface area contributed by atoms with Crippen LogP contribution in [0.1, 0.15) is 11.3 Å². The van der Waals surface area contributed by atoms with Crippen molar-refractivity contribution in [1.29, 1.82) is 0 Å². The fraction of sp³-hybridized carbons (Fsp3) is 0.0909. The van der Waals surface area contributed by atoms with Gasteiger partial charge >= 0.3 is 5.97 Å². The number of nitrogens with zero attached hydrogens (tertiary/aromatic N) is 2. The van der Waals surface area contributed by atoms with Crippen LogP contribution >= 0.6 is 15.9 Å². The van der Waals surface area contributed by atoms with Crippen molar-refractivity contribution >= 4 is 33.6 Å². The number of imidazole rings is 1. The Morgan fingerprint density at radius 3 is 3.06 bits per heavy atom. The number of hydrogen-bond acceptors (Lipinski definition) is 2. The summed E-state index contributed by atoms with van der Waals surface area (Å²) in [6.07, 6.45) is 6.12. The Bertz CT molecular complexity index is 587. The highest BCUT2D eigenvalue weighted by molar-refractivity contribution is 9.10. The zero-order valence-corrected chi connectivity index (χ0v) is 10.1.